The lowest BCUT2D eigenvalue weighted by Gasteiger charge is -2.34. The van der Waals surface area contributed by atoms with E-state index in [2.05, 4.69) is 49.5 Å². The van der Waals surface area contributed by atoms with Gasteiger partial charge in [0.25, 0.3) is 0 Å². The van der Waals surface area contributed by atoms with Crippen molar-refractivity contribution >= 4 is 24.2 Å². The van der Waals surface area contributed by atoms with Gasteiger partial charge in [-0.15, -0.1) is 0 Å². The van der Waals surface area contributed by atoms with Gasteiger partial charge in [-0.3, -0.25) is 30.5 Å². The lowest BCUT2D eigenvalue weighted by molar-refractivity contribution is -0.154. The number of amides is 2. The fourth-order valence-electron chi connectivity index (χ4n) is 3.68. The number of nitrogens with zero attached hydrogens (tertiary/aromatic N) is 6. The first kappa shape index (κ1) is 25.7. The molecule has 2 heterocycles. The quantitative estimate of drug-likeness (QED) is 0.167. The Morgan fingerprint density at radius 3 is 2.50 bits per heavy atom. The van der Waals surface area contributed by atoms with Gasteiger partial charge in [-0.25, -0.2) is 5.06 Å². The summed E-state index contributed by atoms with van der Waals surface area (Å²) in [6.07, 6.45) is 5.49. The number of unbranched alkanes of at least 4 members (excludes halogenated alkanes) is 2. The van der Waals surface area contributed by atoms with Crippen LogP contribution in [0.5, 0.6) is 0 Å². The summed E-state index contributed by atoms with van der Waals surface area (Å²) >= 11 is 0. The first-order chi connectivity index (χ1) is 15.5. The van der Waals surface area contributed by atoms with Crippen molar-refractivity contribution in [2.24, 2.45) is 5.92 Å². The van der Waals surface area contributed by atoms with Crippen LogP contribution >= 0.6 is 0 Å². The Morgan fingerprint density at radius 1 is 1.12 bits per heavy atom. The van der Waals surface area contributed by atoms with Gasteiger partial charge in [-0.2, -0.15) is 15.0 Å². The predicted molar refractivity (Wildman–Crippen MR) is 122 cm³/mol. The van der Waals surface area contributed by atoms with E-state index in [1.54, 1.807) is 0 Å². The molecule has 1 aromatic rings. The summed E-state index contributed by atoms with van der Waals surface area (Å²) in [5.41, 5.74) is 5.44. The molecule has 0 aliphatic carbocycles. The average molecular weight is 451 g/mol. The van der Waals surface area contributed by atoms with Crippen LogP contribution in [-0.2, 0) is 16.0 Å². The maximum absolute atomic E-state index is 12.7. The van der Waals surface area contributed by atoms with Crippen LogP contribution in [0.3, 0.4) is 0 Å². The van der Waals surface area contributed by atoms with Crippen LogP contribution in [0, 0.1) is 5.92 Å². The third kappa shape index (κ3) is 8.19. The molecule has 180 valence electrons. The van der Waals surface area contributed by atoms with E-state index in [9.17, 15) is 14.8 Å². The van der Waals surface area contributed by atoms with Crippen LogP contribution in [0.25, 0.3) is 0 Å². The number of hydrogen-bond acceptors (Lipinski definition) is 9. The smallest absolute Gasteiger partial charge is 0.246 e. The van der Waals surface area contributed by atoms with Crippen LogP contribution in [-0.4, -0.2) is 81.7 Å². The molecule has 0 bridgehead atoms. The Kier molecular flexibility index (Phi) is 11.1. The number of anilines is 2. The Bertz CT molecular complexity index is 712. The zero-order chi connectivity index (χ0) is 23.3. The number of carbonyl (C=O) groups excluding carboxylic acids is 2. The fourth-order valence-corrected chi connectivity index (χ4v) is 3.68. The summed E-state index contributed by atoms with van der Waals surface area (Å²) in [6, 6.07) is 0. The lowest BCUT2D eigenvalue weighted by atomic mass is 10.0. The Labute approximate surface area is 190 Å². The molecular formula is C21H38N8O3. The fraction of sp³-hybridized carbons (Fsp3) is 0.762. The van der Waals surface area contributed by atoms with Crippen molar-refractivity contribution in [3.8, 4) is 0 Å². The molecule has 3 N–H and O–H groups in total. The normalized spacial score (nSPS) is 15.3. The molecule has 11 nitrogen and oxygen atoms in total. The molecular weight excluding hydrogens is 412 g/mol. The number of piperazine rings is 1. The molecule has 1 fully saturated rings. The summed E-state index contributed by atoms with van der Waals surface area (Å²) < 4.78 is 0. The molecule has 2 rings (SSSR count). The highest BCUT2D eigenvalue weighted by Gasteiger charge is 2.22. The Balaban J connectivity index is 2.01. The van der Waals surface area contributed by atoms with Crippen molar-refractivity contribution in [3.63, 3.8) is 0 Å². The zero-order valence-electron chi connectivity index (χ0n) is 19.6. The van der Waals surface area contributed by atoms with E-state index in [1.807, 2.05) is 6.92 Å². The second-order valence-electron chi connectivity index (χ2n) is 8.09. The van der Waals surface area contributed by atoms with Gasteiger partial charge in [0.05, 0.1) is 12.5 Å². The minimum Gasteiger partial charge on any atom is -0.338 e. The SMILES string of the molecule is CCCCC[C@H](CN(O)C=O)C(=O)NNc1nc(CC)nc(N2CCN(CCC)CC2)n1. The number of nitrogens with one attached hydrogen (secondary N) is 2. The number of hydroxylamine groups is 2. The standard InChI is InChI=1S/C21H38N8O3/c1-4-7-8-9-17(15-29(32)16-30)19(31)25-26-20-22-18(6-3)23-21(24-20)28-13-11-27(10-5-2)12-14-28/h16-17,32H,4-15H2,1-3H3,(H,25,31)(H,22,23,24,26)/t17-/m1/s1. The number of hydrogen-bond donors (Lipinski definition) is 3. The molecule has 0 radical (unpaired) electrons. The van der Waals surface area contributed by atoms with E-state index < -0.39 is 5.92 Å². The van der Waals surface area contributed by atoms with Crippen molar-refractivity contribution < 1.29 is 14.8 Å². The van der Waals surface area contributed by atoms with Crippen molar-refractivity contribution in [1.29, 1.82) is 0 Å². The van der Waals surface area contributed by atoms with Gasteiger partial charge >= 0.3 is 0 Å². The van der Waals surface area contributed by atoms with Gasteiger partial charge < -0.3 is 4.90 Å². The van der Waals surface area contributed by atoms with Crippen molar-refractivity contribution in [2.45, 2.75) is 59.3 Å². The highest BCUT2D eigenvalue weighted by atomic mass is 16.5. The summed E-state index contributed by atoms with van der Waals surface area (Å²) in [4.78, 5) is 41.5. The van der Waals surface area contributed by atoms with E-state index in [4.69, 9.17) is 0 Å². The predicted octanol–water partition coefficient (Wildman–Crippen LogP) is 1.45. The Hall–Kier alpha value is -2.53. The molecule has 0 aromatic carbocycles. The number of rotatable bonds is 14. The van der Waals surface area contributed by atoms with Crippen LogP contribution in [0.1, 0.15) is 58.7 Å². The summed E-state index contributed by atoms with van der Waals surface area (Å²) in [7, 11) is 0. The van der Waals surface area contributed by atoms with Crippen LogP contribution in [0.4, 0.5) is 11.9 Å². The number of hydrazine groups is 1. The summed E-state index contributed by atoms with van der Waals surface area (Å²) in [5.74, 6) is 0.661. The molecule has 1 aromatic heterocycles. The molecule has 1 aliphatic heterocycles. The zero-order valence-corrected chi connectivity index (χ0v) is 19.6. The summed E-state index contributed by atoms with van der Waals surface area (Å²) in [5, 5.41) is 10.0. The number of aryl methyl sites for hydroxylation is 1. The number of aromatic nitrogens is 3. The van der Waals surface area contributed by atoms with Crippen LogP contribution < -0.4 is 15.8 Å². The molecule has 0 spiro atoms. The minimum atomic E-state index is -0.539. The first-order valence-electron chi connectivity index (χ1n) is 11.7. The second-order valence-corrected chi connectivity index (χ2v) is 8.09. The van der Waals surface area contributed by atoms with E-state index in [1.165, 1.54) is 0 Å². The molecule has 2 amide bonds. The van der Waals surface area contributed by atoms with Crippen LogP contribution in [0.2, 0.25) is 0 Å². The third-order valence-electron chi connectivity index (χ3n) is 5.53. The van der Waals surface area contributed by atoms with Gasteiger partial charge in [0.1, 0.15) is 5.82 Å². The Morgan fingerprint density at radius 2 is 1.88 bits per heavy atom. The molecule has 0 saturated carbocycles. The molecule has 11 heteroatoms. The minimum absolute atomic E-state index is 0.0641. The third-order valence-corrected chi connectivity index (χ3v) is 5.53. The van der Waals surface area contributed by atoms with Crippen LogP contribution in [0.15, 0.2) is 0 Å². The van der Waals surface area contributed by atoms with Gasteiger partial charge in [-0.1, -0.05) is 40.0 Å². The van der Waals surface area contributed by atoms with Gasteiger partial charge in [0, 0.05) is 32.6 Å². The lowest BCUT2D eigenvalue weighted by Crippen LogP contribution is -2.47. The topological polar surface area (TPSA) is 127 Å². The molecule has 1 saturated heterocycles. The molecule has 32 heavy (non-hydrogen) atoms. The van der Waals surface area contributed by atoms with E-state index in [-0.39, 0.29) is 18.4 Å². The number of carbonyl (C=O) groups is 2. The molecule has 1 atom stereocenters. The van der Waals surface area contributed by atoms with Gasteiger partial charge in [0.2, 0.25) is 24.2 Å². The maximum atomic E-state index is 12.7. The summed E-state index contributed by atoms with van der Waals surface area (Å²) in [6.45, 7) is 10.9. The average Bonchev–Trinajstić information content (AvgIpc) is 2.82. The monoisotopic (exact) mass is 450 g/mol. The van der Waals surface area contributed by atoms with Gasteiger partial charge in [-0.05, 0) is 19.4 Å². The molecule has 0 unspecified atom stereocenters. The van der Waals surface area contributed by atoms with E-state index in [0.29, 0.717) is 36.1 Å². The maximum Gasteiger partial charge on any atom is 0.246 e. The van der Waals surface area contributed by atoms with Crippen molar-refractivity contribution in [2.75, 3.05) is 49.6 Å². The highest BCUT2D eigenvalue weighted by Crippen LogP contribution is 2.15. The second kappa shape index (κ2) is 13.8. The van der Waals surface area contributed by atoms with Gasteiger partial charge in [0.15, 0.2) is 0 Å². The highest BCUT2D eigenvalue weighted by molar-refractivity contribution is 5.80. The van der Waals surface area contributed by atoms with E-state index >= 15 is 0 Å². The van der Waals surface area contributed by atoms with Crippen molar-refractivity contribution in [1.82, 2.24) is 30.3 Å². The van der Waals surface area contributed by atoms with E-state index in [0.717, 1.165) is 58.4 Å². The van der Waals surface area contributed by atoms with Crippen molar-refractivity contribution in [3.05, 3.63) is 5.82 Å². The molecule has 1 aliphatic rings. The largest absolute Gasteiger partial charge is 0.338 e. The first-order valence-corrected chi connectivity index (χ1v) is 11.7.